The molecule has 1 aromatic heterocycles. The van der Waals surface area contributed by atoms with Crippen LogP contribution in [0, 0.1) is 6.92 Å². The summed E-state index contributed by atoms with van der Waals surface area (Å²) >= 11 is 0. The number of carbonyl (C=O) groups is 2. The smallest absolute Gasteiger partial charge is 0.321 e. The highest BCUT2D eigenvalue weighted by Gasteiger charge is 2.22. The Balaban J connectivity index is 2.51. The van der Waals surface area contributed by atoms with Crippen LogP contribution >= 0.6 is 0 Å². The van der Waals surface area contributed by atoms with Crippen molar-refractivity contribution in [3.05, 3.63) is 17.5 Å². The molecule has 3 amide bonds. The van der Waals surface area contributed by atoms with E-state index in [1.54, 1.807) is 18.9 Å². The van der Waals surface area contributed by atoms with Gasteiger partial charge in [0.1, 0.15) is 5.76 Å². The maximum absolute atomic E-state index is 12.0. The number of aryl methyl sites for hydroxylation is 1. The molecule has 0 fully saturated rings. The first-order valence-corrected chi connectivity index (χ1v) is 6.84. The molecule has 118 valence electrons. The van der Waals surface area contributed by atoms with Crippen LogP contribution in [0.25, 0.3) is 0 Å². The molecule has 0 saturated heterocycles. The molecular formula is C14H24N4O3. The number of nitrogens with zero attached hydrogens (tertiary/aromatic N) is 2. The first kappa shape index (κ1) is 17.2. The lowest BCUT2D eigenvalue weighted by atomic mass is 10.1. The molecule has 1 unspecified atom stereocenters. The summed E-state index contributed by atoms with van der Waals surface area (Å²) in [5.74, 6) is 0.361. The van der Waals surface area contributed by atoms with Gasteiger partial charge < -0.3 is 9.84 Å². The predicted molar refractivity (Wildman–Crippen MR) is 78.6 cm³/mol. The van der Waals surface area contributed by atoms with Gasteiger partial charge in [-0.2, -0.15) is 0 Å². The van der Waals surface area contributed by atoms with E-state index >= 15 is 0 Å². The Morgan fingerprint density at radius 2 is 2.05 bits per heavy atom. The molecule has 1 atom stereocenters. The van der Waals surface area contributed by atoms with Gasteiger partial charge in [-0.3, -0.25) is 15.0 Å². The Hall–Kier alpha value is -1.89. The van der Waals surface area contributed by atoms with E-state index in [0.717, 1.165) is 11.5 Å². The normalized spacial score (nSPS) is 13.1. The summed E-state index contributed by atoms with van der Waals surface area (Å²) in [6.07, 6.45) is 0. The number of carbonyl (C=O) groups excluding carboxylic acids is 2. The van der Waals surface area contributed by atoms with Gasteiger partial charge in [0, 0.05) is 18.2 Å². The molecule has 7 heteroatoms. The van der Waals surface area contributed by atoms with Crippen molar-refractivity contribution >= 4 is 11.9 Å². The first-order chi connectivity index (χ1) is 9.58. The molecule has 7 nitrogen and oxygen atoms in total. The van der Waals surface area contributed by atoms with Crippen LogP contribution in [-0.4, -0.2) is 40.6 Å². The zero-order chi connectivity index (χ0) is 16.2. The standard InChI is InChI=1S/C14H24N4O3/c1-9-7-11(17-21-9)8-18(6)10(2)12(19)15-13(20)16-14(3,4)5/h7,10H,8H2,1-6H3,(H2,15,16,19,20). The number of hydrogen-bond donors (Lipinski definition) is 2. The van der Waals surface area contributed by atoms with Crippen LogP contribution in [-0.2, 0) is 11.3 Å². The third-order valence-corrected chi connectivity index (χ3v) is 2.85. The summed E-state index contributed by atoms with van der Waals surface area (Å²) in [4.78, 5) is 25.5. The maximum atomic E-state index is 12.0. The SMILES string of the molecule is Cc1cc(CN(C)C(C)C(=O)NC(=O)NC(C)(C)C)no1. The minimum absolute atomic E-state index is 0.362. The molecule has 2 N–H and O–H groups in total. The van der Waals surface area contributed by atoms with Crippen LogP contribution < -0.4 is 10.6 Å². The fourth-order valence-electron chi connectivity index (χ4n) is 1.67. The Kier molecular flexibility index (Phi) is 5.48. The second-order valence-corrected chi connectivity index (χ2v) is 6.21. The number of imide groups is 1. The average Bonchev–Trinajstić information content (AvgIpc) is 2.70. The summed E-state index contributed by atoms with van der Waals surface area (Å²) < 4.78 is 4.98. The lowest BCUT2D eigenvalue weighted by Gasteiger charge is -2.24. The number of urea groups is 1. The molecule has 1 aromatic rings. The number of aromatic nitrogens is 1. The van der Waals surface area contributed by atoms with E-state index in [1.807, 2.05) is 33.8 Å². The fourth-order valence-corrected chi connectivity index (χ4v) is 1.67. The van der Waals surface area contributed by atoms with Crippen LogP contribution in [0.15, 0.2) is 10.6 Å². The van der Waals surface area contributed by atoms with Crippen molar-refractivity contribution in [2.45, 2.75) is 52.7 Å². The van der Waals surface area contributed by atoms with Crippen molar-refractivity contribution in [3.63, 3.8) is 0 Å². The molecule has 0 aliphatic carbocycles. The first-order valence-electron chi connectivity index (χ1n) is 6.84. The number of hydrogen-bond acceptors (Lipinski definition) is 5. The minimum Gasteiger partial charge on any atom is -0.361 e. The second kappa shape index (κ2) is 6.71. The quantitative estimate of drug-likeness (QED) is 0.877. The average molecular weight is 296 g/mol. The molecule has 0 spiro atoms. The van der Waals surface area contributed by atoms with E-state index in [9.17, 15) is 9.59 Å². The Morgan fingerprint density at radius 1 is 1.43 bits per heavy atom. The van der Waals surface area contributed by atoms with Crippen molar-refractivity contribution in [3.8, 4) is 0 Å². The summed E-state index contributed by atoms with van der Waals surface area (Å²) in [6, 6.07) is 0.853. The molecule has 21 heavy (non-hydrogen) atoms. The molecule has 1 heterocycles. The van der Waals surface area contributed by atoms with Crippen LogP contribution in [0.4, 0.5) is 4.79 Å². The number of rotatable bonds is 4. The van der Waals surface area contributed by atoms with E-state index < -0.39 is 17.6 Å². The molecule has 0 aromatic carbocycles. The van der Waals surface area contributed by atoms with Gasteiger partial charge in [0.2, 0.25) is 5.91 Å². The van der Waals surface area contributed by atoms with Crippen LogP contribution in [0.5, 0.6) is 0 Å². The maximum Gasteiger partial charge on any atom is 0.321 e. The van der Waals surface area contributed by atoms with E-state index in [0.29, 0.717) is 6.54 Å². The second-order valence-electron chi connectivity index (χ2n) is 6.21. The Bertz CT molecular complexity index is 505. The van der Waals surface area contributed by atoms with Crippen LogP contribution in [0.2, 0.25) is 0 Å². The Morgan fingerprint density at radius 3 is 2.52 bits per heavy atom. The van der Waals surface area contributed by atoms with E-state index in [2.05, 4.69) is 15.8 Å². The van der Waals surface area contributed by atoms with Gasteiger partial charge in [-0.15, -0.1) is 0 Å². The van der Waals surface area contributed by atoms with Gasteiger partial charge in [0.25, 0.3) is 0 Å². The monoisotopic (exact) mass is 296 g/mol. The molecule has 1 rings (SSSR count). The van der Waals surface area contributed by atoms with Crippen molar-refractivity contribution in [2.24, 2.45) is 0 Å². The van der Waals surface area contributed by atoms with Gasteiger partial charge in [-0.05, 0) is 41.7 Å². The lowest BCUT2D eigenvalue weighted by molar-refractivity contribution is -0.124. The van der Waals surface area contributed by atoms with Gasteiger partial charge in [0.15, 0.2) is 0 Å². The fraction of sp³-hybridized carbons (Fsp3) is 0.643. The number of likely N-dealkylation sites (N-methyl/N-ethyl adjacent to an activating group) is 1. The molecule has 0 bridgehead atoms. The molecular weight excluding hydrogens is 272 g/mol. The van der Waals surface area contributed by atoms with Crippen molar-refractivity contribution in [1.29, 1.82) is 0 Å². The summed E-state index contributed by atoms with van der Waals surface area (Å²) in [5, 5.41) is 8.89. The van der Waals surface area contributed by atoms with Crippen LogP contribution in [0.1, 0.15) is 39.1 Å². The lowest BCUT2D eigenvalue weighted by Crippen LogP contribution is -2.52. The zero-order valence-electron chi connectivity index (χ0n) is 13.5. The van der Waals surface area contributed by atoms with E-state index in [1.165, 1.54) is 0 Å². The summed E-state index contributed by atoms with van der Waals surface area (Å²) in [6.45, 7) is 9.54. The van der Waals surface area contributed by atoms with Crippen molar-refractivity contribution < 1.29 is 14.1 Å². The summed E-state index contributed by atoms with van der Waals surface area (Å²) in [7, 11) is 1.79. The number of amides is 3. The number of nitrogens with one attached hydrogen (secondary N) is 2. The summed E-state index contributed by atoms with van der Waals surface area (Å²) in [5.41, 5.74) is 0.353. The highest BCUT2D eigenvalue weighted by molar-refractivity contribution is 5.96. The molecule has 0 radical (unpaired) electrons. The molecule has 0 aliphatic heterocycles. The van der Waals surface area contributed by atoms with E-state index in [-0.39, 0.29) is 5.91 Å². The molecule has 0 aliphatic rings. The van der Waals surface area contributed by atoms with Gasteiger partial charge in [-0.1, -0.05) is 5.16 Å². The highest BCUT2D eigenvalue weighted by Crippen LogP contribution is 2.07. The van der Waals surface area contributed by atoms with Gasteiger partial charge >= 0.3 is 6.03 Å². The van der Waals surface area contributed by atoms with Crippen molar-refractivity contribution in [1.82, 2.24) is 20.7 Å². The van der Waals surface area contributed by atoms with Gasteiger partial charge in [-0.25, -0.2) is 4.79 Å². The topological polar surface area (TPSA) is 87.5 Å². The minimum atomic E-state index is -0.495. The predicted octanol–water partition coefficient (Wildman–Crippen LogP) is 1.43. The van der Waals surface area contributed by atoms with Crippen molar-refractivity contribution in [2.75, 3.05) is 7.05 Å². The van der Waals surface area contributed by atoms with E-state index in [4.69, 9.17) is 4.52 Å². The highest BCUT2D eigenvalue weighted by atomic mass is 16.5. The molecule has 0 saturated carbocycles. The Labute approximate surface area is 125 Å². The third kappa shape index (κ3) is 5.95. The third-order valence-electron chi connectivity index (χ3n) is 2.85. The van der Waals surface area contributed by atoms with Gasteiger partial charge in [0.05, 0.1) is 11.7 Å². The van der Waals surface area contributed by atoms with Crippen LogP contribution in [0.3, 0.4) is 0 Å². The zero-order valence-corrected chi connectivity index (χ0v) is 13.5. The largest absolute Gasteiger partial charge is 0.361 e.